The third kappa shape index (κ3) is 2.42. The van der Waals surface area contributed by atoms with E-state index in [0.29, 0.717) is 0 Å². The minimum absolute atomic E-state index is 0.230. The number of hydrogen-bond donors (Lipinski definition) is 2. The highest BCUT2D eigenvalue weighted by Gasteiger charge is 2.38. The predicted octanol–water partition coefficient (Wildman–Crippen LogP) is 2.68. The van der Waals surface area contributed by atoms with Gasteiger partial charge in [0.1, 0.15) is 0 Å². The molecular formula is C13H20N2S. The SMILES string of the molecule is CCCc1ccc(C2(C)CN2)cc1SNC. The molecule has 2 N–H and O–H groups in total. The Morgan fingerprint density at radius 2 is 2.25 bits per heavy atom. The number of hydrogen-bond acceptors (Lipinski definition) is 3. The smallest absolute Gasteiger partial charge is 0.0533 e. The minimum atomic E-state index is 0.230. The van der Waals surface area contributed by atoms with Crippen molar-refractivity contribution in [3.05, 3.63) is 29.3 Å². The summed E-state index contributed by atoms with van der Waals surface area (Å²) >= 11 is 1.72. The van der Waals surface area contributed by atoms with E-state index in [0.717, 1.165) is 13.0 Å². The molecule has 1 aliphatic heterocycles. The highest BCUT2D eigenvalue weighted by Crippen LogP contribution is 2.33. The zero-order valence-corrected chi connectivity index (χ0v) is 11.1. The van der Waals surface area contributed by atoms with Crippen molar-refractivity contribution in [2.75, 3.05) is 13.6 Å². The maximum atomic E-state index is 3.42. The molecule has 16 heavy (non-hydrogen) atoms. The molecule has 0 aliphatic carbocycles. The standard InChI is InChI=1S/C13H20N2S/c1-4-5-10-6-7-11(13(2)9-15-13)8-12(10)16-14-3/h6-8,14-15H,4-5,9H2,1-3H3. The van der Waals surface area contributed by atoms with Crippen LogP contribution in [0.2, 0.25) is 0 Å². The second kappa shape index (κ2) is 4.78. The molecule has 0 amide bonds. The molecule has 0 aromatic heterocycles. The summed E-state index contributed by atoms with van der Waals surface area (Å²) in [6.07, 6.45) is 2.36. The van der Waals surface area contributed by atoms with Crippen LogP contribution in [0.5, 0.6) is 0 Å². The van der Waals surface area contributed by atoms with E-state index in [9.17, 15) is 0 Å². The molecule has 1 saturated heterocycles. The van der Waals surface area contributed by atoms with E-state index in [1.807, 2.05) is 7.05 Å². The van der Waals surface area contributed by atoms with Gasteiger partial charge in [0.15, 0.2) is 0 Å². The van der Waals surface area contributed by atoms with Gasteiger partial charge in [-0.1, -0.05) is 25.5 Å². The van der Waals surface area contributed by atoms with Crippen molar-refractivity contribution in [1.82, 2.24) is 10.0 Å². The number of aryl methyl sites for hydroxylation is 1. The topological polar surface area (TPSA) is 34.0 Å². The molecule has 1 aromatic rings. The molecule has 1 aliphatic rings. The Bertz CT molecular complexity index is 372. The molecule has 1 atom stereocenters. The van der Waals surface area contributed by atoms with Gasteiger partial charge in [0, 0.05) is 11.4 Å². The fourth-order valence-corrected chi connectivity index (χ4v) is 2.62. The molecule has 1 heterocycles. The summed E-state index contributed by atoms with van der Waals surface area (Å²) in [5.74, 6) is 0. The molecule has 0 radical (unpaired) electrons. The number of nitrogens with one attached hydrogen (secondary N) is 2. The molecule has 2 nitrogen and oxygen atoms in total. The lowest BCUT2D eigenvalue weighted by molar-refractivity contribution is 0.757. The molecule has 0 saturated carbocycles. The van der Waals surface area contributed by atoms with Crippen LogP contribution < -0.4 is 10.0 Å². The first-order chi connectivity index (χ1) is 7.69. The number of benzene rings is 1. The molecule has 0 spiro atoms. The van der Waals surface area contributed by atoms with Gasteiger partial charge in [-0.25, -0.2) is 0 Å². The summed E-state index contributed by atoms with van der Waals surface area (Å²) < 4.78 is 3.18. The van der Waals surface area contributed by atoms with E-state index in [2.05, 4.69) is 42.1 Å². The summed E-state index contributed by atoms with van der Waals surface area (Å²) in [5, 5.41) is 3.42. The molecule has 1 fully saturated rings. The maximum Gasteiger partial charge on any atom is 0.0533 e. The van der Waals surface area contributed by atoms with Gasteiger partial charge in [-0.05, 0) is 49.5 Å². The average molecular weight is 236 g/mol. The second-order valence-corrected chi connectivity index (χ2v) is 5.62. The Balaban J connectivity index is 2.27. The van der Waals surface area contributed by atoms with Crippen molar-refractivity contribution in [3.8, 4) is 0 Å². The van der Waals surface area contributed by atoms with Crippen LogP contribution >= 0.6 is 11.9 Å². The monoisotopic (exact) mass is 236 g/mol. The molecule has 88 valence electrons. The first kappa shape index (κ1) is 12.0. The van der Waals surface area contributed by atoms with Crippen molar-refractivity contribution in [2.45, 2.75) is 37.1 Å². The van der Waals surface area contributed by atoms with Crippen molar-refractivity contribution < 1.29 is 0 Å². The second-order valence-electron chi connectivity index (χ2n) is 4.56. The van der Waals surface area contributed by atoms with Crippen molar-refractivity contribution in [3.63, 3.8) is 0 Å². The van der Waals surface area contributed by atoms with E-state index >= 15 is 0 Å². The molecule has 2 rings (SSSR count). The van der Waals surface area contributed by atoms with Gasteiger partial charge in [0.2, 0.25) is 0 Å². The minimum Gasteiger partial charge on any atom is -0.304 e. The van der Waals surface area contributed by atoms with Crippen LogP contribution in [0.1, 0.15) is 31.4 Å². The van der Waals surface area contributed by atoms with Crippen LogP contribution in [0, 0.1) is 0 Å². The van der Waals surface area contributed by atoms with Gasteiger partial charge in [-0.15, -0.1) is 0 Å². The maximum absolute atomic E-state index is 3.42. The van der Waals surface area contributed by atoms with Gasteiger partial charge in [0.05, 0.1) is 5.54 Å². The predicted molar refractivity (Wildman–Crippen MR) is 70.7 cm³/mol. The van der Waals surface area contributed by atoms with Crippen molar-refractivity contribution >= 4 is 11.9 Å². The normalized spacial score (nSPS) is 23.4. The van der Waals surface area contributed by atoms with E-state index in [1.54, 1.807) is 11.9 Å². The lowest BCUT2D eigenvalue weighted by atomic mass is 9.99. The van der Waals surface area contributed by atoms with Crippen molar-refractivity contribution in [1.29, 1.82) is 0 Å². The van der Waals surface area contributed by atoms with Crippen LogP contribution in [-0.4, -0.2) is 13.6 Å². The third-order valence-corrected chi connectivity index (χ3v) is 3.95. The van der Waals surface area contributed by atoms with E-state index < -0.39 is 0 Å². The van der Waals surface area contributed by atoms with E-state index in [-0.39, 0.29) is 5.54 Å². The molecule has 1 unspecified atom stereocenters. The summed E-state index contributed by atoms with van der Waals surface area (Å²) in [6, 6.07) is 6.88. The van der Waals surface area contributed by atoms with Crippen LogP contribution in [0.3, 0.4) is 0 Å². The third-order valence-electron chi connectivity index (χ3n) is 3.14. The van der Waals surface area contributed by atoms with Crippen LogP contribution in [0.15, 0.2) is 23.1 Å². The summed E-state index contributed by atoms with van der Waals surface area (Å²) in [7, 11) is 1.98. The lowest BCUT2D eigenvalue weighted by Gasteiger charge is -2.13. The molecular weight excluding hydrogens is 216 g/mol. The highest BCUT2D eigenvalue weighted by molar-refractivity contribution is 7.97. The largest absolute Gasteiger partial charge is 0.304 e. The first-order valence-corrected chi connectivity index (χ1v) is 6.73. The average Bonchev–Trinajstić information content (AvgIpc) is 3.01. The Labute approximate surface area is 102 Å². The van der Waals surface area contributed by atoms with Crippen LogP contribution in [0.25, 0.3) is 0 Å². The van der Waals surface area contributed by atoms with Gasteiger partial charge in [-0.2, -0.15) is 0 Å². The van der Waals surface area contributed by atoms with Gasteiger partial charge >= 0.3 is 0 Å². The molecule has 1 aromatic carbocycles. The first-order valence-electron chi connectivity index (χ1n) is 5.91. The number of rotatable bonds is 5. The summed E-state index contributed by atoms with van der Waals surface area (Å²) in [5.41, 5.74) is 3.09. The highest BCUT2D eigenvalue weighted by atomic mass is 32.2. The Kier molecular flexibility index (Phi) is 3.57. The summed E-state index contributed by atoms with van der Waals surface area (Å²) in [6.45, 7) is 5.59. The fourth-order valence-electron chi connectivity index (χ4n) is 1.92. The molecule has 3 heteroatoms. The Morgan fingerprint density at radius 1 is 1.50 bits per heavy atom. The van der Waals surface area contributed by atoms with Gasteiger partial charge in [0.25, 0.3) is 0 Å². The van der Waals surface area contributed by atoms with Crippen LogP contribution in [0.4, 0.5) is 0 Å². The lowest BCUT2D eigenvalue weighted by Crippen LogP contribution is -2.08. The van der Waals surface area contributed by atoms with Crippen LogP contribution in [-0.2, 0) is 12.0 Å². The summed E-state index contributed by atoms with van der Waals surface area (Å²) in [4.78, 5) is 1.37. The molecule has 0 bridgehead atoms. The zero-order valence-electron chi connectivity index (χ0n) is 10.3. The van der Waals surface area contributed by atoms with Gasteiger partial charge < -0.3 is 5.32 Å². The van der Waals surface area contributed by atoms with Crippen molar-refractivity contribution in [2.24, 2.45) is 0 Å². The Hall–Kier alpha value is -0.510. The Morgan fingerprint density at radius 3 is 2.81 bits per heavy atom. The van der Waals surface area contributed by atoms with E-state index in [1.165, 1.54) is 22.4 Å². The van der Waals surface area contributed by atoms with Gasteiger partial charge in [-0.3, -0.25) is 4.72 Å². The quantitative estimate of drug-likeness (QED) is 0.609. The fraction of sp³-hybridized carbons (Fsp3) is 0.538. The van der Waals surface area contributed by atoms with E-state index in [4.69, 9.17) is 0 Å². The zero-order chi connectivity index (χ0) is 11.6.